The van der Waals surface area contributed by atoms with Crippen LogP contribution >= 0.6 is 0 Å². The first-order valence-electron chi connectivity index (χ1n) is 8.66. The van der Waals surface area contributed by atoms with E-state index in [0.717, 1.165) is 47.6 Å². The van der Waals surface area contributed by atoms with Gasteiger partial charge in [0, 0.05) is 29.9 Å². The lowest BCUT2D eigenvalue weighted by Crippen LogP contribution is -2.36. The minimum Gasteiger partial charge on any atom is -0.353 e. The Morgan fingerprint density at radius 1 is 1.26 bits per heavy atom. The number of amides is 1. The number of rotatable bonds is 4. The number of aromatic nitrogens is 3. The number of carbonyl (C=O) groups excluding carboxylic acids is 1. The average molecular weight is 314 g/mol. The van der Waals surface area contributed by atoms with Crippen LogP contribution in [0.1, 0.15) is 61.2 Å². The van der Waals surface area contributed by atoms with Gasteiger partial charge in [-0.1, -0.05) is 19.3 Å². The van der Waals surface area contributed by atoms with Crippen LogP contribution in [0, 0.1) is 20.8 Å². The normalized spacial score (nSPS) is 16.0. The van der Waals surface area contributed by atoms with Gasteiger partial charge in [-0.25, -0.2) is 9.50 Å². The predicted octanol–water partition coefficient (Wildman–Crippen LogP) is 3.04. The zero-order chi connectivity index (χ0) is 16.4. The summed E-state index contributed by atoms with van der Waals surface area (Å²) >= 11 is 0. The first kappa shape index (κ1) is 16.0. The Morgan fingerprint density at radius 2 is 2.00 bits per heavy atom. The van der Waals surface area contributed by atoms with Gasteiger partial charge in [0.05, 0.1) is 5.69 Å². The quantitative estimate of drug-likeness (QED) is 0.943. The van der Waals surface area contributed by atoms with Gasteiger partial charge in [-0.15, -0.1) is 0 Å². The summed E-state index contributed by atoms with van der Waals surface area (Å²) < 4.78 is 1.89. The molecule has 0 atom stereocenters. The van der Waals surface area contributed by atoms with Crippen molar-refractivity contribution in [2.24, 2.45) is 0 Å². The Bertz CT molecular complexity index is 713. The molecule has 0 aromatic carbocycles. The van der Waals surface area contributed by atoms with Gasteiger partial charge < -0.3 is 5.32 Å². The van der Waals surface area contributed by atoms with E-state index in [0.29, 0.717) is 12.5 Å². The first-order valence-corrected chi connectivity index (χ1v) is 8.66. The van der Waals surface area contributed by atoms with Crippen LogP contribution < -0.4 is 5.32 Å². The van der Waals surface area contributed by atoms with Crippen molar-refractivity contribution in [1.29, 1.82) is 0 Å². The standard InChI is InChI=1S/C18H26N4O/c1-12-11-17-19-13(2)16(14(3)22(17)21-12)9-10-18(23)20-15-7-5-4-6-8-15/h11,15H,4-10H2,1-3H3,(H,20,23). The van der Waals surface area contributed by atoms with E-state index in [1.807, 2.05) is 24.4 Å². The van der Waals surface area contributed by atoms with Crippen LogP contribution in [-0.4, -0.2) is 26.5 Å². The zero-order valence-corrected chi connectivity index (χ0v) is 14.4. The van der Waals surface area contributed by atoms with Gasteiger partial charge >= 0.3 is 0 Å². The van der Waals surface area contributed by atoms with Crippen molar-refractivity contribution in [2.75, 3.05) is 0 Å². The number of aryl methyl sites for hydroxylation is 3. The lowest BCUT2D eigenvalue weighted by atomic mass is 9.95. The summed E-state index contributed by atoms with van der Waals surface area (Å²) in [7, 11) is 0. The predicted molar refractivity (Wildman–Crippen MR) is 90.5 cm³/mol. The third kappa shape index (κ3) is 3.54. The summed E-state index contributed by atoms with van der Waals surface area (Å²) in [6, 6.07) is 2.37. The summed E-state index contributed by atoms with van der Waals surface area (Å²) in [5.41, 5.74) is 5.07. The minimum atomic E-state index is 0.160. The Kier molecular flexibility index (Phi) is 4.64. The summed E-state index contributed by atoms with van der Waals surface area (Å²) in [5.74, 6) is 0.160. The first-order chi connectivity index (χ1) is 11.0. The van der Waals surface area contributed by atoms with Crippen molar-refractivity contribution < 1.29 is 4.79 Å². The van der Waals surface area contributed by atoms with E-state index in [2.05, 4.69) is 22.3 Å². The molecule has 0 spiro atoms. The van der Waals surface area contributed by atoms with Crippen molar-refractivity contribution in [3.05, 3.63) is 28.7 Å². The topological polar surface area (TPSA) is 59.3 Å². The molecule has 1 fully saturated rings. The number of hydrogen-bond donors (Lipinski definition) is 1. The maximum atomic E-state index is 12.2. The van der Waals surface area contributed by atoms with Gasteiger partial charge in [0.2, 0.25) is 5.91 Å². The second-order valence-corrected chi connectivity index (χ2v) is 6.72. The van der Waals surface area contributed by atoms with Crippen LogP contribution in [0.2, 0.25) is 0 Å². The van der Waals surface area contributed by atoms with Crippen molar-refractivity contribution in [1.82, 2.24) is 19.9 Å². The van der Waals surface area contributed by atoms with Crippen LogP contribution in [0.25, 0.3) is 5.65 Å². The van der Waals surface area contributed by atoms with E-state index in [-0.39, 0.29) is 5.91 Å². The summed E-state index contributed by atoms with van der Waals surface area (Å²) in [6.07, 6.45) is 7.28. The molecule has 2 aromatic heterocycles. The molecule has 0 aliphatic heterocycles. The molecule has 3 rings (SSSR count). The Hall–Kier alpha value is -1.91. The summed E-state index contributed by atoms with van der Waals surface area (Å²) in [4.78, 5) is 16.8. The molecule has 2 aromatic rings. The summed E-state index contributed by atoms with van der Waals surface area (Å²) in [6.45, 7) is 6.05. The molecule has 5 heteroatoms. The Balaban J connectivity index is 1.67. The van der Waals surface area contributed by atoms with Gasteiger partial charge in [0.15, 0.2) is 5.65 Å². The highest BCUT2D eigenvalue weighted by molar-refractivity contribution is 5.76. The number of nitrogens with zero attached hydrogens (tertiary/aromatic N) is 3. The fourth-order valence-electron chi connectivity index (χ4n) is 3.59. The number of carbonyl (C=O) groups is 1. The molecule has 0 radical (unpaired) electrons. The lowest BCUT2D eigenvalue weighted by Gasteiger charge is -2.22. The molecule has 1 aliphatic carbocycles. The summed E-state index contributed by atoms with van der Waals surface area (Å²) in [5, 5.41) is 7.68. The Morgan fingerprint density at radius 3 is 2.74 bits per heavy atom. The van der Waals surface area contributed by atoms with Crippen molar-refractivity contribution in [3.8, 4) is 0 Å². The largest absolute Gasteiger partial charge is 0.353 e. The lowest BCUT2D eigenvalue weighted by molar-refractivity contribution is -0.121. The van der Waals surface area contributed by atoms with Gasteiger partial charge in [-0.05, 0) is 45.6 Å². The average Bonchev–Trinajstić information content (AvgIpc) is 2.88. The van der Waals surface area contributed by atoms with E-state index in [4.69, 9.17) is 0 Å². The SMILES string of the molecule is Cc1cc2nc(C)c(CCC(=O)NC3CCCCC3)c(C)n2n1. The highest BCUT2D eigenvalue weighted by Gasteiger charge is 2.17. The third-order valence-electron chi connectivity index (χ3n) is 4.86. The zero-order valence-electron chi connectivity index (χ0n) is 14.4. The van der Waals surface area contributed by atoms with E-state index >= 15 is 0 Å². The van der Waals surface area contributed by atoms with E-state index < -0.39 is 0 Å². The smallest absolute Gasteiger partial charge is 0.220 e. The van der Waals surface area contributed by atoms with Gasteiger partial charge in [-0.3, -0.25) is 4.79 Å². The van der Waals surface area contributed by atoms with Crippen LogP contribution in [0.4, 0.5) is 0 Å². The van der Waals surface area contributed by atoms with Crippen molar-refractivity contribution >= 4 is 11.6 Å². The molecule has 2 heterocycles. The molecular formula is C18H26N4O. The van der Waals surface area contributed by atoms with Crippen LogP contribution in [0.15, 0.2) is 6.07 Å². The van der Waals surface area contributed by atoms with Gasteiger partial charge in [0.1, 0.15) is 0 Å². The highest BCUT2D eigenvalue weighted by atomic mass is 16.1. The van der Waals surface area contributed by atoms with Crippen molar-refractivity contribution in [2.45, 2.75) is 71.8 Å². The Labute approximate surface area is 137 Å². The highest BCUT2D eigenvalue weighted by Crippen LogP contribution is 2.19. The minimum absolute atomic E-state index is 0.160. The second kappa shape index (κ2) is 6.69. The number of hydrogen-bond acceptors (Lipinski definition) is 3. The maximum Gasteiger partial charge on any atom is 0.220 e. The van der Waals surface area contributed by atoms with Gasteiger partial charge in [-0.2, -0.15) is 5.10 Å². The van der Waals surface area contributed by atoms with E-state index in [9.17, 15) is 4.79 Å². The molecule has 1 amide bonds. The maximum absolute atomic E-state index is 12.2. The number of fused-ring (bicyclic) bond motifs is 1. The molecule has 1 saturated carbocycles. The second-order valence-electron chi connectivity index (χ2n) is 6.72. The molecule has 5 nitrogen and oxygen atoms in total. The van der Waals surface area contributed by atoms with Crippen LogP contribution in [0.5, 0.6) is 0 Å². The molecule has 1 aliphatic rings. The monoisotopic (exact) mass is 314 g/mol. The fourth-order valence-corrected chi connectivity index (χ4v) is 3.59. The molecule has 0 unspecified atom stereocenters. The van der Waals surface area contributed by atoms with Gasteiger partial charge in [0.25, 0.3) is 0 Å². The molecule has 0 saturated heterocycles. The van der Waals surface area contributed by atoms with E-state index in [1.54, 1.807) is 0 Å². The third-order valence-corrected chi connectivity index (χ3v) is 4.86. The molecule has 0 bridgehead atoms. The van der Waals surface area contributed by atoms with Crippen LogP contribution in [-0.2, 0) is 11.2 Å². The molecule has 23 heavy (non-hydrogen) atoms. The molecule has 1 N–H and O–H groups in total. The van der Waals surface area contributed by atoms with Crippen LogP contribution in [0.3, 0.4) is 0 Å². The molecule has 124 valence electrons. The fraction of sp³-hybridized carbons (Fsp3) is 0.611. The van der Waals surface area contributed by atoms with Crippen molar-refractivity contribution in [3.63, 3.8) is 0 Å². The number of nitrogens with one attached hydrogen (secondary N) is 1. The van der Waals surface area contributed by atoms with E-state index in [1.165, 1.54) is 19.3 Å². The molecular weight excluding hydrogens is 288 g/mol.